The molecule has 86 heavy (non-hydrogen) atoms. The normalized spacial score (nSPS) is 12.5. The lowest BCUT2D eigenvalue weighted by molar-refractivity contribution is 0.103. The molecule has 0 aliphatic carbocycles. The molecular formula is C55H12F25N5O. The van der Waals surface area contributed by atoms with Gasteiger partial charge in [-0.15, -0.1) is 0 Å². The molecule has 0 saturated heterocycles. The molecule has 8 aromatic rings. The molecule has 0 spiro atoms. The van der Waals surface area contributed by atoms with Crippen LogP contribution in [0.15, 0.2) is 41.4 Å². The smallest absolute Gasteiger partial charge is 0.256 e. The molecule has 3 aromatic heterocycles. The van der Waals surface area contributed by atoms with Crippen LogP contribution in [0, 0.1) is 145 Å². The van der Waals surface area contributed by atoms with E-state index in [2.05, 4.69) is 19.9 Å². The Labute approximate surface area is 456 Å². The minimum atomic E-state index is -2.91. The van der Waals surface area contributed by atoms with Gasteiger partial charge in [-0.1, -0.05) is 0 Å². The minimum Gasteiger partial charge on any atom is -0.354 e. The summed E-state index contributed by atoms with van der Waals surface area (Å²) in [5, 5.41) is 1.77. The number of nitrogens with one attached hydrogen (secondary N) is 3. The molecule has 0 unspecified atom stereocenters. The SMILES string of the molecule is O=C1Nc2cc1c(-c1c(F)c(F)c(F)c(F)c1F)c1ccc([nH]1)c(-c1c(F)c(F)c(F)c(F)c1F)c1nc(c(-c3c(F)c(F)c(F)c(F)c3F)c3cc(c(-c4c(F)c(F)c(F)c(F)c4F)c4ccc([nH]4)c2-c2c(F)c(F)c(F)c(F)c2F)N=C3)C=C1. The molecular weight excluding hydrogens is 1220 g/mol. The van der Waals surface area contributed by atoms with E-state index in [1.165, 1.54) is 0 Å². The van der Waals surface area contributed by atoms with Gasteiger partial charge in [0.1, 0.15) is 0 Å². The molecule has 10 bridgehead atoms. The molecule has 3 aliphatic rings. The predicted molar refractivity (Wildman–Crippen MR) is 251 cm³/mol. The maximum Gasteiger partial charge on any atom is 0.256 e. The maximum atomic E-state index is 16.2. The molecule has 3 aliphatic heterocycles. The van der Waals surface area contributed by atoms with Crippen molar-refractivity contribution < 1.29 is 115 Å². The van der Waals surface area contributed by atoms with Crippen molar-refractivity contribution in [3.8, 4) is 55.6 Å². The van der Waals surface area contributed by atoms with Crippen molar-refractivity contribution in [3.05, 3.63) is 204 Å². The molecule has 0 radical (unpaired) electrons. The number of carbonyl (C=O) groups excluding carboxylic acids is 1. The van der Waals surface area contributed by atoms with Gasteiger partial charge in [-0.05, 0) is 48.6 Å². The second-order valence-electron chi connectivity index (χ2n) is 18.1. The van der Waals surface area contributed by atoms with E-state index < -0.39 is 263 Å². The fourth-order valence-corrected chi connectivity index (χ4v) is 9.58. The highest BCUT2D eigenvalue weighted by Crippen LogP contribution is 2.48. The van der Waals surface area contributed by atoms with Crippen molar-refractivity contribution in [2.24, 2.45) is 4.99 Å². The standard InChI is InChI=1S/C55H12F25N5O/c56-30-25(31(57)41(67)50(76)40(30)66)20-10-7-18(81-9-10)23(28-36(62)46(72)53(79)47(73)37(28)63)16-5-6-17(84-16)24(29-38(64)48(74)54(80)49(75)39(29)65)19-8-11(55(86)85-19)21(26-32(58)42(68)51(77)43(69)33(26)59)13-2-4-15(83-13)22(14-3-1-12(20)82-14)27-34(60)44(70)52(78)45(71)35(27)61/h1-9,83-84H,(H,85,86). The average Bonchev–Trinajstić information content (AvgIpc) is 3.30. The summed E-state index contributed by atoms with van der Waals surface area (Å²) in [6, 6.07) is 2.15. The van der Waals surface area contributed by atoms with E-state index >= 15 is 87.8 Å². The zero-order valence-corrected chi connectivity index (χ0v) is 40.4. The number of benzene rings is 5. The van der Waals surface area contributed by atoms with Gasteiger partial charge in [-0.25, -0.2) is 115 Å². The molecule has 3 N–H and O–H groups in total. The second-order valence-corrected chi connectivity index (χ2v) is 18.1. The number of H-pyrrole nitrogens is 2. The van der Waals surface area contributed by atoms with E-state index in [9.17, 15) is 26.7 Å². The van der Waals surface area contributed by atoms with Gasteiger partial charge in [-0.2, -0.15) is 0 Å². The lowest BCUT2D eigenvalue weighted by atomic mass is 9.97. The Morgan fingerprint density at radius 1 is 0.291 bits per heavy atom. The average molecular weight is 1230 g/mol. The quantitative estimate of drug-likeness (QED) is 0.0911. The minimum absolute atomic E-state index is 0.138. The van der Waals surface area contributed by atoms with Gasteiger partial charge in [0.05, 0.1) is 56.1 Å². The van der Waals surface area contributed by atoms with Gasteiger partial charge in [0, 0.05) is 61.7 Å². The monoisotopic (exact) mass is 1230 g/mol. The van der Waals surface area contributed by atoms with E-state index in [4.69, 9.17) is 0 Å². The summed E-state index contributed by atoms with van der Waals surface area (Å²) < 4.78 is 388. The first-order chi connectivity index (χ1) is 40.5. The molecule has 11 rings (SSSR count). The number of hydrogen-bond acceptors (Lipinski definition) is 3. The summed E-state index contributed by atoms with van der Waals surface area (Å²) in [7, 11) is 0. The first-order valence-electron chi connectivity index (χ1n) is 23.0. The summed E-state index contributed by atoms with van der Waals surface area (Å²) in [6.07, 6.45) is 1.16. The van der Waals surface area contributed by atoms with Gasteiger partial charge < -0.3 is 15.3 Å². The van der Waals surface area contributed by atoms with Crippen molar-refractivity contribution in [2.45, 2.75) is 0 Å². The number of nitrogens with zero attached hydrogens (tertiary/aromatic N) is 2. The topological polar surface area (TPSA) is 85.9 Å². The fourth-order valence-electron chi connectivity index (χ4n) is 9.58. The van der Waals surface area contributed by atoms with Gasteiger partial charge >= 0.3 is 0 Å². The highest BCUT2D eigenvalue weighted by atomic mass is 19.2. The third-order valence-corrected chi connectivity index (χ3v) is 13.4. The van der Waals surface area contributed by atoms with Gasteiger partial charge in [-0.3, -0.25) is 9.79 Å². The summed E-state index contributed by atoms with van der Waals surface area (Å²) in [5.74, 6) is -72.6. The highest BCUT2D eigenvalue weighted by Gasteiger charge is 2.38. The summed E-state index contributed by atoms with van der Waals surface area (Å²) in [6.45, 7) is 0. The Bertz CT molecular complexity index is 4690. The number of aromatic amines is 2. The molecule has 438 valence electrons. The van der Waals surface area contributed by atoms with Crippen molar-refractivity contribution in [3.63, 3.8) is 0 Å². The molecule has 0 saturated carbocycles. The number of halogens is 25. The van der Waals surface area contributed by atoms with Crippen LogP contribution < -0.4 is 5.32 Å². The van der Waals surface area contributed by atoms with Gasteiger partial charge in [0.15, 0.2) is 116 Å². The third-order valence-electron chi connectivity index (χ3n) is 13.4. The molecule has 5 aromatic carbocycles. The van der Waals surface area contributed by atoms with E-state index in [0.717, 1.165) is 0 Å². The van der Waals surface area contributed by atoms with Crippen molar-refractivity contribution >= 4 is 57.7 Å². The zero-order chi connectivity index (χ0) is 62.5. The van der Waals surface area contributed by atoms with Crippen LogP contribution in [0.25, 0.3) is 89.9 Å². The first kappa shape index (κ1) is 57.7. The second kappa shape index (κ2) is 20.3. The number of fused-ring (bicyclic) bond motifs is 10. The zero-order valence-electron chi connectivity index (χ0n) is 40.4. The van der Waals surface area contributed by atoms with Gasteiger partial charge in [0.2, 0.25) is 29.1 Å². The van der Waals surface area contributed by atoms with Crippen molar-refractivity contribution in [1.29, 1.82) is 0 Å². The van der Waals surface area contributed by atoms with Crippen molar-refractivity contribution in [2.75, 3.05) is 5.32 Å². The molecule has 6 nitrogen and oxygen atoms in total. The number of amides is 1. The largest absolute Gasteiger partial charge is 0.354 e. The van der Waals surface area contributed by atoms with Gasteiger partial charge in [0.25, 0.3) is 5.91 Å². The number of carbonyl (C=O) groups is 1. The summed E-state index contributed by atoms with van der Waals surface area (Å²) in [5.41, 5.74) is -31.3. The van der Waals surface area contributed by atoms with Crippen LogP contribution in [0.1, 0.15) is 27.3 Å². The Hall–Kier alpha value is -10.1. The molecule has 1 amide bonds. The van der Waals surface area contributed by atoms with Crippen LogP contribution in [0.3, 0.4) is 0 Å². The Morgan fingerprint density at radius 3 is 0.953 bits per heavy atom. The first-order valence-corrected chi connectivity index (χ1v) is 23.0. The molecule has 6 heterocycles. The third kappa shape index (κ3) is 8.27. The Morgan fingerprint density at radius 2 is 0.570 bits per heavy atom. The van der Waals surface area contributed by atoms with Crippen LogP contribution >= 0.6 is 0 Å². The molecule has 31 heteroatoms. The summed E-state index contributed by atoms with van der Waals surface area (Å²) >= 11 is 0. The number of rotatable bonds is 5. The maximum absolute atomic E-state index is 16.2. The predicted octanol–water partition coefficient (Wildman–Crippen LogP) is 17.3. The lowest BCUT2D eigenvalue weighted by Crippen LogP contribution is -2.10. The van der Waals surface area contributed by atoms with Crippen LogP contribution in [0.2, 0.25) is 0 Å². The van der Waals surface area contributed by atoms with Crippen LogP contribution in [0.4, 0.5) is 121 Å². The molecule has 0 fully saturated rings. The van der Waals surface area contributed by atoms with E-state index in [1.807, 2.05) is 0 Å². The van der Waals surface area contributed by atoms with Crippen molar-refractivity contribution in [1.82, 2.24) is 15.0 Å². The van der Waals surface area contributed by atoms with E-state index in [1.54, 1.807) is 5.32 Å². The molecule has 0 atom stereocenters. The number of aliphatic imine (C=N–C) groups is 1. The summed E-state index contributed by atoms with van der Waals surface area (Å²) in [4.78, 5) is 26.1. The number of anilines is 1. The fraction of sp³-hybridized carbons (Fsp3) is 0. The highest BCUT2D eigenvalue weighted by molar-refractivity contribution is 6.18. The van der Waals surface area contributed by atoms with Crippen LogP contribution in [-0.4, -0.2) is 27.1 Å². The van der Waals surface area contributed by atoms with E-state index in [-0.39, 0.29) is 6.07 Å². The van der Waals surface area contributed by atoms with Crippen LogP contribution in [0.5, 0.6) is 0 Å². The number of aromatic nitrogens is 3. The van der Waals surface area contributed by atoms with Crippen LogP contribution in [-0.2, 0) is 0 Å². The lowest BCUT2D eigenvalue weighted by Gasteiger charge is -2.12. The van der Waals surface area contributed by atoms with E-state index in [0.29, 0.717) is 48.7 Å². The number of hydrogen-bond donors (Lipinski definition) is 3. The Kier molecular flexibility index (Phi) is 13.6. The Balaban J connectivity index is 1.48.